The van der Waals surface area contributed by atoms with Crippen LogP contribution in [-0.4, -0.2) is 54.8 Å². The Balaban J connectivity index is 2.30. The molecule has 1 fully saturated rings. The summed E-state index contributed by atoms with van der Waals surface area (Å²) >= 11 is 0. The number of ether oxygens (including phenoxy) is 1. The minimum absolute atomic E-state index is 0.447. The quantitative estimate of drug-likeness (QED) is 0.503. The lowest BCUT2D eigenvalue weighted by Gasteiger charge is -2.15. The third-order valence-corrected chi connectivity index (χ3v) is 2.44. The number of hydrogen-bond donors (Lipinski definition) is 3. The molecule has 0 radical (unpaired) electrons. The highest BCUT2D eigenvalue weighted by molar-refractivity contribution is 4.89. The van der Waals surface area contributed by atoms with E-state index in [0.29, 0.717) is 0 Å². The minimum Gasteiger partial charge on any atom is -0.394 e. The topological polar surface area (TPSA) is 118 Å². The summed E-state index contributed by atoms with van der Waals surface area (Å²) in [6, 6.07) is 0. The molecule has 88 valence electrons. The van der Waals surface area contributed by atoms with Crippen LogP contribution in [0.5, 0.6) is 0 Å². The summed E-state index contributed by atoms with van der Waals surface area (Å²) in [5.41, 5.74) is -0.648. The fourth-order valence-electron chi connectivity index (χ4n) is 1.58. The zero-order valence-corrected chi connectivity index (χ0v) is 8.17. The van der Waals surface area contributed by atoms with E-state index in [1.807, 2.05) is 0 Å². The van der Waals surface area contributed by atoms with E-state index < -0.39 is 36.8 Å². The van der Waals surface area contributed by atoms with Crippen LogP contribution in [-0.2, 0) is 4.74 Å². The molecule has 0 aromatic carbocycles. The van der Waals surface area contributed by atoms with Crippen molar-refractivity contribution in [3.8, 4) is 0 Å². The molecule has 0 amide bonds. The molecule has 0 spiro atoms. The molecule has 1 aliphatic heterocycles. The Bertz CT molecular complexity index is 422. The van der Waals surface area contributed by atoms with Gasteiger partial charge in [0.15, 0.2) is 6.23 Å². The van der Waals surface area contributed by atoms with E-state index in [0.717, 1.165) is 17.2 Å². The standard InChI is InChI=1S/C8H11N3O5/c12-1-4-5(13)6(14)7(16-4)11-3-9-2-10-8(11)15/h2-7,12-14H,1H2. The van der Waals surface area contributed by atoms with Gasteiger partial charge in [-0.2, -0.15) is 4.98 Å². The van der Waals surface area contributed by atoms with Gasteiger partial charge in [-0.1, -0.05) is 0 Å². The number of hydrogen-bond acceptors (Lipinski definition) is 7. The van der Waals surface area contributed by atoms with Crippen LogP contribution in [0.15, 0.2) is 17.4 Å². The van der Waals surface area contributed by atoms with Gasteiger partial charge in [0.2, 0.25) is 0 Å². The lowest BCUT2D eigenvalue weighted by Crippen LogP contribution is -2.36. The monoisotopic (exact) mass is 229 g/mol. The highest BCUT2D eigenvalue weighted by atomic mass is 16.6. The fourth-order valence-corrected chi connectivity index (χ4v) is 1.58. The van der Waals surface area contributed by atoms with Crippen molar-refractivity contribution in [2.45, 2.75) is 24.5 Å². The second kappa shape index (κ2) is 4.26. The van der Waals surface area contributed by atoms with Gasteiger partial charge in [0, 0.05) is 0 Å². The smallest absolute Gasteiger partial charge is 0.352 e. The van der Waals surface area contributed by atoms with E-state index in [1.54, 1.807) is 0 Å². The van der Waals surface area contributed by atoms with Gasteiger partial charge in [0.05, 0.1) is 6.61 Å². The molecule has 0 bridgehead atoms. The lowest BCUT2D eigenvalue weighted by molar-refractivity contribution is -0.0555. The molecule has 1 aliphatic rings. The molecule has 16 heavy (non-hydrogen) atoms. The van der Waals surface area contributed by atoms with Crippen LogP contribution in [0.25, 0.3) is 0 Å². The van der Waals surface area contributed by atoms with Crippen LogP contribution in [0.2, 0.25) is 0 Å². The maximum Gasteiger partial charge on any atom is 0.352 e. The van der Waals surface area contributed by atoms with E-state index in [-0.39, 0.29) is 0 Å². The van der Waals surface area contributed by atoms with Crippen LogP contribution >= 0.6 is 0 Å². The van der Waals surface area contributed by atoms with Crippen molar-refractivity contribution >= 4 is 0 Å². The molecule has 1 aromatic heterocycles. The maximum atomic E-state index is 11.3. The second-order valence-corrected chi connectivity index (χ2v) is 3.43. The van der Waals surface area contributed by atoms with Gasteiger partial charge in [-0.3, -0.25) is 4.57 Å². The molecule has 8 nitrogen and oxygen atoms in total. The van der Waals surface area contributed by atoms with Crippen LogP contribution in [0.3, 0.4) is 0 Å². The average molecular weight is 229 g/mol. The van der Waals surface area contributed by atoms with Crippen molar-refractivity contribution < 1.29 is 20.1 Å². The molecule has 3 N–H and O–H groups in total. The summed E-state index contributed by atoms with van der Waals surface area (Å²) in [6.07, 6.45) is -2.34. The molecule has 2 heterocycles. The SMILES string of the molecule is O=c1ncncn1C1OC(CO)C(O)C1O. The van der Waals surface area contributed by atoms with E-state index in [2.05, 4.69) is 9.97 Å². The first-order chi connectivity index (χ1) is 7.65. The average Bonchev–Trinajstić information content (AvgIpc) is 2.57. The molecule has 8 heteroatoms. The van der Waals surface area contributed by atoms with Crippen molar-refractivity contribution in [1.82, 2.24) is 14.5 Å². The van der Waals surface area contributed by atoms with E-state index in [1.165, 1.54) is 0 Å². The lowest BCUT2D eigenvalue weighted by atomic mass is 10.1. The summed E-state index contributed by atoms with van der Waals surface area (Å²) in [4.78, 5) is 18.3. The Morgan fingerprint density at radius 2 is 2.19 bits per heavy atom. The maximum absolute atomic E-state index is 11.3. The minimum atomic E-state index is -1.30. The Hall–Kier alpha value is -1.35. The molecular weight excluding hydrogens is 218 g/mol. The molecule has 4 unspecified atom stereocenters. The Labute approximate surface area is 89.8 Å². The predicted octanol–water partition coefficient (Wildman–Crippen LogP) is -2.75. The third-order valence-electron chi connectivity index (χ3n) is 2.44. The first-order valence-corrected chi connectivity index (χ1v) is 4.65. The number of nitrogens with zero attached hydrogens (tertiary/aromatic N) is 3. The van der Waals surface area contributed by atoms with Crippen LogP contribution in [0.1, 0.15) is 6.23 Å². The number of rotatable bonds is 2. The third kappa shape index (κ3) is 1.71. The molecule has 0 aliphatic carbocycles. The van der Waals surface area contributed by atoms with Gasteiger partial charge in [-0.25, -0.2) is 9.78 Å². The molecular formula is C8H11N3O5. The molecule has 4 atom stereocenters. The number of aromatic nitrogens is 3. The fraction of sp³-hybridized carbons (Fsp3) is 0.625. The Morgan fingerprint density at radius 3 is 2.75 bits per heavy atom. The first-order valence-electron chi connectivity index (χ1n) is 4.65. The second-order valence-electron chi connectivity index (χ2n) is 3.43. The van der Waals surface area contributed by atoms with Gasteiger partial charge < -0.3 is 20.1 Å². The summed E-state index contributed by atoms with van der Waals surface area (Å²) in [5, 5.41) is 28.0. The summed E-state index contributed by atoms with van der Waals surface area (Å²) in [5.74, 6) is 0. The van der Waals surface area contributed by atoms with E-state index in [4.69, 9.17) is 9.84 Å². The predicted molar refractivity (Wildman–Crippen MR) is 49.3 cm³/mol. The molecule has 0 saturated carbocycles. The summed E-state index contributed by atoms with van der Waals surface area (Å²) in [6.45, 7) is -0.447. The largest absolute Gasteiger partial charge is 0.394 e. The van der Waals surface area contributed by atoms with Crippen molar-refractivity contribution in [3.05, 3.63) is 23.1 Å². The van der Waals surface area contributed by atoms with Gasteiger partial charge in [0.1, 0.15) is 31.0 Å². The van der Waals surface area contributed by atoms with Crippen molar-refractivity contribution in [3.63, 3.8) is 0 Å². The van der Waals surface area contributed by atoms with Gasteiger partial charge >= 0.3 is 5.69 Å². The first kappa shape index (κ1) is 11.1. The molecule has 2 rings (SSSR count). The zero-order chi connectivity index (χ0) is 11.7. The normalized spacial score (nSPS) is 34.2. The van der Waals surface area contributed by atoms with Crippen molar-refractivity contribution in [2.75, 3.05) is 6.61 Å². The van der Waals surface area contributed by atoms with E-state index >= 15 is 0 Å². The molecule has 1 saturated heterocycles. The Kier molecular flexibility index (Phi) is 2.97. The number of aliphatic hydroxyl groups excluding tert-OH is 3. The van der Waals surface area contributed by atoms with Crippen molar-refractivity contribution in [2.24, 2.45) is 0 Å². The van der Waals surface area contributed by atoms with E-state index in [9.17, 15) is 15.0 Å². The van der Waals surface area contributed by atoms with Gasteiger partial charge in [0.25, 0.3) is 0 Å². The van der Waals surface area contributed by atoms with Gasteiger partial charge in [-0.05, 0) is 0 Å². The van der Waals surface area contributed by atoms with Crippen molar-refractivity contribution in [1.29, 1.82) is 0 Å². The van der Waals surface area contributed by atoms with Crippen LogP contribution in [0.4, 0.5) is 0 Å². The Morgan fingerprint density at radius 1 is 1.44 bits per heavy atom. The summed E-state index contributed by atoms with van der Waals surface area (Å²) < 4.78 is 6.10. The van der Waals surface area contributed by atoms with Crippen LogP contribution < -0.4 is 5.69 Å². The zero-order valence-electron chi connectivity index (χ0n) is 8.17. The summed E-state index contributed by atoms with van der Waals surface area (Å²) in [7, 11) is 0. The van der Waals surface area contributed by atoms with Crippen LogP contribution in [0, 0.1) is 0 Å². The van der Waals surface area contributed by atoms with Gasteiger partial charge in [-0.15, -0.1) is 0 Å². The highest BCUT2D eigenvalue weighted by Gasteiger charge is 2.43. The molecule has 1 aromatic rings. The highest BCUT2D eigenvalue weighted by Crippen LogP contribution is 2.27. The number of aliphatic hydroxyl groups is 3.